The third kappa shape index (κ3) is 3.43. The summed E-state index contributed by atoms with van der Waals surface area (Å²) in [5.41, 5.74) is 1.76. The molecule has 0 saturated heterocycles. The smallest absolute Gasteiger partial charge is 0.332 e. The van der Waals surface area contributed by atoms with Gasteiger partial charge in [0, 0.05) is 12.7 Å². The van der Waals surface area contributed by atoms with E-state index in [2.05, 4.69) is 15.0 Å². The van der Waals surface area contributed by atoms with E-state index in [1.807, 2.05) is 25.1 Å². The molecule has 0 spiro atoms. The fraction of sp³-hybridized carbons (Fsp3) is 0.308. The summed E-state index contributed by atoms with van der Waals surface area (Å²) in [6.45, 7) is 3.81. The van der Waals surface area contributed by atoms with Gasteiger partial charge in [-0.3, -0.25) is 15.1 Å². The third-order valence-electron chi connectivity index (χ3n) is 2.90. The molecule has 0 amide bonds. The first-order chi connectivity index (χ1) is 9.88. The highest BCUT2D eigenvalue weighted by molar-refractivity contribution is 6.28. The van der Waals surface area contributed by atoms with Gasteiger partial charge >= 0.3 is 5.69 Å². The predicted molar refractivity (Wildman–Crippen MR) is 79.5 cm³/mol. The van der Waals surface area contributed by atoms with E-state index in [1.165, 1.54) is 6.92 Å². The third-order valence-corrected chi connectivity index (χ3v) is 3.07. The van der Waals surface area contributed by atoms with Gasteiger partial charge in [-0.25, -0.2) is 4.98 Å². The minimum atomic E-state index is -0.499. The van der Waals surface area contributed by atoms with Crippen LogP contribution in [0, 0.1) is 24.0 Å². The van der Waals surface area contributed by atoms with Crippen molar-refractivity contribution in [1.82, 2.24) is 15.0 Å². The molecular formula is C13H14ClN5O2. The summed E-state index contributed by atoms with van der Waals surface area (Å²) >= 11 is 5.81. The van der Waals surface area contributed by atoms with Crippen LogP contribution in [0.25, 0.3) is 0 Å². The Morgan fingerprint density at radius 2 is 2.00 bits per heavy atom. The topological polar surface area (TPSA) is 85.0 Å². The fourth-order valence-electron chi connectivity index (χ4n) is 2.00. The van der Waals surface area contributed by atoms with Crippen molar-refractivity contribution in [3.63, 3.8) is 0 Å². The summed E-state index contributed by atoms with van der Waals surface area (Å²) in [4.78, 5) is 24.5. The van der Waals surface area contributed by atoms with Crippen LogP contribution < -0.4 is 4.90 Å². The van der Waals surface area contributed by atoms with Crippen molar-refractivity contribution >= 4 is 23.1 Å². The monoisotopic (exact) mass is 307 g/mol. The second-order valence-electron chi connectivity index (χ2n) is 4.63. The van der Waals surface area contributed by atoms with Gasteiger partial charge in [-0.2, -0.15) is 4.98 Å². The summed E-state index contributed by atoms with van der Waals surface area (Å²) in [6, 6.07) is 5.63. The highest BCUT2D eigenvalue weighted by atomic mass is 35.5. The normalized spacial score (nSPS) is 10.5. The number of pyridine rings is 1. The quantitative estimate of drug-likeness (QED) is 0.490. The van der Waals surface area contributed by atoms with Gasteiger partial charge in [-0.15, -0.1) is 0 Å². The number of halogens is 1. The largest absolute Gasteiger partial charge is 0.348 e. The van der Waals surface area contributed by atoms with Gasteiger partial charge in [0.1, 0.15) is 5.69 Å². The minimum Gasteiger partial charge on any atom is -0.348 e. The highest BCUT2D eigenvalue weighted by Gasteiger charge is 2.24. The van der Waals surface area contributed by atoms with Crippen LogP contribution in [-0.4, -0.2) is 26.9 Å². The second-order valence-corrected chi connectivity index (χ2v) is 4.97. The average Bonchev–Trinajstić information content (AvgIpc) is 2.37. The second kappa shape index (κ2) is 6.01. The number of aryl methyl sites for hydroxylation is 2. The Hall–Kier alpha value is -2.28. The first-order valence-corrected chi connectivity index (χ1v) is 6.58. The molecule has 0 aliphatic rings. The lowest BCUT2D eigenvalue weighted by Gasteiger charge is -2.18. The summed E-state index contributed by atoms with van der Waals surface area (Å²) in [6.07, 6.45) is 0. The number of anilines is 1. The van der Waals surface area contributed by atoms with Crippen molar-refractivity contribution in [1.29, 1.82) is 0 Å². The number of rotatable bonds is 4. The molecule has 0 atom stereocenters. The molecule has 0 N–H and O–H groups in total. The Bertz CT molecular complexity index is 692. The van der Waals surface area contributed by atoms with Gasteiger partial charge in [0.15, 0.2) is 0 Å². The molecule has 0 aliphatic heterocycles. The molecular weight excluding hydrogens is 294 g/mol. The predicted octanol–water partition coefficient (Wildman–Crippen LogP) is 2.69. The molecule has 8 heteroatoms. The average molecular weight is 308 g/mol. The molecule has 0 aromatic carbocycles. The van der Waals surface area contributed by atoms with Crippen LogP contribution in [0.5, 0.6) is 0 Å². The lowest BCUT2D eigenvalue weighted by Crippen LogP contribution is -2.21. The molecule has 7 nitrogen and oxygen atoms in total. The maximum absolute atomic E-state index is 11.2. The maximum Gasteiger partial charge on any atom is 0.332 e. The Morgan fingerprint density at radius 1 is 1.29 bits per heavy atom. The zero-order chi connectivity index (χ0) is 15.6. The van der Waals surface area contributed by atoms with E-state index in [0.29, 0.717) is 6.54 Å². The van der Waals surface area contributed by atoms with Crippen LogP contribution in [0.15, 0.2) is 18.2 Å². The van der Waals surface area contributed by atoms with E-state index in [-0.39, 0.29) is 22.5 Å². The fourth-order valence-corrected chi connectivity index (χ4v) is 2.21. The molecule has 0 bridgehead atoms. The first-order valence-electron chi connectivity index (χ1n) is 6.20. The SMILES string of the molecule is Cc1cccc(CN(C)c2nc(Cl)nc(C)c2[N+](=O)[O-])n1. The molecule has 0 radical (unpaired) electrons. The van der Waals surface area contributed by atoms with Crippen molar-refractivity contribution in [3.05, 3.63) is 50.7 Å². The maximum atomic E-state index is 11.2. The molecule has 2 rings (SSSR count). The molecule has 2 aromatic heterocycles. The van der Waals surface area contributed by atoms with Gasteiger partial charge in [0.25, 0.3) is 0 Å². The van der Waals surface area contributed by atoms with Crippen LogP contribution in [0.1, 0.15) is 17.1 Å². The molecule has 2 heterocycles. The number of nitrogens with zero attached hydrogens (tertiary/aromatic N) is 5. The Kier molecular flexibility index (Phi) is 4.32. The summed E-state index contributed by atoms with van der Waals surface area (Å²) in [5.74, 6) is 0.181. The van der Waals surface area contributed by atoms with Gasteiger partial charge in [-0.05, 0) is 37.6 Å². The molecule has 110 valence electrons. The van der Waals surface area contributed by atoms with Crippen LogP contribution in [-0.2, 0) is 6.54 Å². The van der Waals surface area contributed by atoms with Gasteiger partial charge < -0.3 is 4.90 Å². The highest BCUT2D eigenvalue weighted by Crippen LogP contribution is 2.29. The molecule has 0 saturated carbocycles. The van der Waals surface area contributed by atoms with Crippen molar-refractivity contribution in [3.8, 4) is 0 Å². The summed E-state index contributed by atoms with van der Waals surface area (Å²) < 4.78 is 0. The summed E-state index contributed by atoms with van der Waals surface area (Å²) in [7, 11) is 1.70. The lowest BCUT2D eigenvalue weighted by atomic mass is 10.3. The Labute approximate surface area is 126 Å². The van der Waals surface area contributed by atoms with Crippen molar-refractivity contribution in [2.75, 3.05) is 11.9 Å². The standard InChI is InChI=1S/C13H14ClN5O2/c1-8-5-4-6-10(15-8)7-18(3)12-11(19(20)21)9(2)16-13(14)17-12/h4-6H,7H2,1-3H3. The van der Waals surface area contributed by atoms with E-state index in [9.17, 15) is 10.1 Å². The van der Waals surface area contributed by atoms with Gasteiger partial charge in [0.05, 0.1) is 17.2 Å². The zero-order valence-electron chi connectivity index (χ0n) is 11.9. The number of nitro groups is 1. The zero-order valence-corrected chi connectivity index (χ0v) is 12.6. The first kappa shape index (κ1) is 15.1. The van der Waals surface area contributed by atoms with Crippen molar-refractivity contribution in [2.24, 2.45) is 0 Å². The summed E-state index contributed by atoms with van der Waals surface area (Å²) in [5, 5.41) is 11.2. The number of hydrogen-bond donors (Lipinski definition) is 0. The molecule has 21 heavy (non-hydrogen) atoms. The van der Waals surface area contributed by atoms with Crippen LogP contribution in [0.3, 0.4) is 0 Å². The lowest BCUT2D eigenvalue weighted by molar-refractivity contribution is -0.385. The van der Waals surface area contributed by atoms with Crippen LogP contribution >= 0.6 is 11.6 Å². The van der Waals surface area contributed by atoms with Gasteiger partial charge in [-0.1, -0.05) is 6.07 Å². The molecule has 0 unspecified atom stereocenters. The molecule has 2 aromatic rings. The van der Waals surface area contributed by atoms with E-state index in [4.69, 9.17) is 11.6 Å². The molecule has 0 aliphatic carbocycles. The van der Waals surface area contributed by atoms with Gasteiger partial charge in [0.2, 0.25) is 11.1 Å². The van der Waals surface area contributed by atoms with E-state index in [0.717, 1.165) is 11.4 Å². The molecule has 0 fully saturated rings. The van der Waals surface area contributed by atoms with Crippen LogP contribution in [0.2, 0.25) is 5.28 Å². The van der Waals surface area contributed by atoms with Crippen LogP contribution in [0.4, 0.5) is 11.5 Å². The Balaban J connectivity index is 2.39. The van der Waals surface area contributed by atoms with Crippen molar-refractivity contribution < 1.29 is 4.92 Å². The van der Waals surface area contributed by atoms with E-state index < -0.39 is 4.92 Å². The number of aromatic nitrogens is 3. The van der Waals surface area contributed by atoms with Crippen molar-refractivity contribution in [2.45, 2.75) is 20.4 Å². The number of hydrogen-bond acceptors (Lipinski definition) is 6. The minimum absolute atomic E-state index is 0.0165. The van der Waals surface area contributed by atoms with E-state index in [1.54, 1.807) is 11.9 Å². The Morgan fingerprint density at radius 3 is 2.62 bits per heavy atom. The van der Waals surface area contributed by atoms with E-state index >= 15 is 0 Å².